The van der Waals surface area contributed by atoms with Crippen molar-refractivity contribution in [3.63, 3.8) is 0 Å². The summed E-state index contributed by atoms with van der Waals surface area (Å²) in [7, 11) is 0. The van der Waals surface area contributed by atoms with Crippen molar-refractivity contribution in [3.05, 3.63) is 35.4 Å². The van der Waals surface area contributed by atoms with Gasteiger partial charge in [-0.05, 0) is 54.7 Å². The van der Waals surface area contributed by atoms with Crippen LogP contribution in [0.1, 0.15) is 30.4 Å². The molecule has 19 heavy (non-hydrogen) atoms. The Morgan fingerprint density at radius 3 is 2.74 bits per heavy atom. The summed E-state index contributed by atoms with van der Waals surface area (Å²) >= 11 is 1.96. The number of hydrogen-bond acceptors (Lipinski definition) is 3. The molecule has 3 rings (SSSR count). The normalized spacial score (nSPS) is 25.8. The van der Waals surface area contributed by atoms with E-state index in [-0.39, 0.29) is 0 Å². The summed E-state index contributed by atoms with van der Waals surface area (Å²) in [4.78, 5) is 0. The minimum absolute atomic E-state index is 0.456. The van der Waals surface area contributed by atoms with Gasteiger partial charge in [-0.1, -0.05) is 24.3 Å². The highest BCUT2D eigenvalue weighted by molar-refractivity contribution is 7.99. The fourth-order valence-electron chi connectivity index (χ4n) is 3.13. The van der Waals surface area contributed by atoms with E-state index in [4.69, 9.17) is 0 Å². The summed E-state index contributed by atoms with van der Waals surface area (Å²) in [5.74, 6) is 2.21. The average Bonchev–Trinajstić information content (AvgIpc) is 2.46. The molecule has 1 aromatic carbocycles. The van der Waals surface area contributed by atoms with E-state index in [0.29, 0.717) is 6.04 Å². The van der Waals surface area contributed by atoms with Crippen molar-refractivity contribution in [2.24, 2.45) is 0 Å². The predicted octanol–water partition coefficient (Wildman–Crippen LogP) is 2.39. The van der Waals surface area contributed by atoms with Crippen LogP contribution in [0.15, 0.2) is 24.3 Å². The van der Waals surface area contributed by atoms with E-state index >= 15 is 0 Å². The Kier molecular flexibility index (Phi) is 4.15. The number of thioether (sulfide) groups is 1. The molecule has 1 fully saturated rings. The van der Waals surface area contributed by atoms with Gasteiger partial charge in [0.05, 0.1) is 5.60 Å². The van der Waals surface area contributed by atoms with Gasteiger partial charge in [-0.2, -0.15) is 11.8 Å². The summed E-state index contributed by atoms with van der Waals surface area (Å²) in [5, 5.41) is 14.1. The molecule has 0 spiro atoms. The third-order valence-electron chi connectivity index (χ3n) is 4.49. The minimum Gasteiger partial charge on any atom is -0.389 e. The van der Waals surface area contributed by atoms with Crippen molar-refractivity contribution in [1.29, 1.82) is 0 Å². The van der Waals surface area contributed by atoms with Gasteiger partial charge in [-0.25, -0.2) is 0 Å². The van der Waals surface area contributed by atoms with E-state index in [2.05, 4.69) is 29.6 Å². The van der Waals surface area contributed by atoms with E-state index < -0.39 is 5.60 Å². The van der Waals surface area contributed by atoms with Crippen LogP contribution in [0.25, 0.3) is 0 Å². The number of aliphatic hydroxyl groups is 1. The summed E-state index contributed by atoms with van der Waals surface area (Å²) in [6.07, 6.45) is 5.35. The molecule has 1 aliphatic heterocycles. The first-order valence-electron chi connectivity index (χ1n) is 7.35. The molecular weight excluding hydrogens is 254 g/mol. The van der Waals surface area contributed by atoms with Gasteiger partial charge in [0.2, 0.25) is 0 Å². The molecule has 0 radical (unpaired) electrons. The van der Waals surface area contributed by atoms with Crippen LogP contribution in [0.2, 0.25) is 0 Å². The molecule has 1 aromatic rings. The fourth-order valence-corrected chi connectivity index (χ4v) is 4.39. The summed E-state index contributed by atoms with van der Waals surface area (Å²) in [6, 6.07) is 9.29. The molecule has 1 aliphatic carbocycles. The Hall–Kier alpha value is -0.510. The summed E-state index contributed by atoms with van der Waals surface area (Å²) in [6.45, 7) is 0.764. The second-order valence-electron chi connectivity index (χ2n) is 5.93. The predicted molar refractivity (Wildman–Crippen MR) is 81.8 cm³/mol. The van der Waals surface area contributed by atoms with Crippen LogP contribution in [0.5, 0.6) is 0 Å². The highest BCUT2D eigenvalue weighted by Gasteiger charge is 2.30. The first kappa shape index (κ1) is 13.5. The second kappa shape index (κ2) is 5.86. The van der Waals surface area contributed by atoms with Gasteiger partial charge in [0.25, 0.3) is 0 Å². The highest BCUT2D eigenvalue weighted by atomic mass is 32.2. The van der Waals surface area contributed by atoms with Crippen molar-refractivity contribution < 1.29 is 5.11 Å². The number of aryl methyl sites for hydroxylation is 1. The molecule has 1 heterocycles. The molecule has 1 unspecified atom stereocenters. The maximum atomic E-state index is 10.5. The van der Waals surface area contributed by atoms with Crippen molar-refractivity contribution in [2.45, 2.75) is 43.7 Å². The van der Waals surface area contributed by atoms with Gasteiger partial charge in [0.1, 0.15) is 0 Å². The molecule has 3 heteroatoms. The van der Waals surface area contributed by atoms with Crippen molar-refractivity contribution in [1.82, 2.24) is 5.32 Å². The standard InChI is InChI=1S/C16H23NOS/c18-16(7-9-19-10-8-16)12-17-15-6-5-13-3-1-2-4-14(13)11-15/h1-4,15,17-18H,5-12H2. The lowest BCUT2D eigenvalue weighted by Crippen LogP contribution is -2.48. The van der Waals surface area contributed by atoms with Crippen LogP contribution in [-0.4, -0.2) is 34.8 Å². The zero-order valence-electron chi connectivity index (χ0n) is 11.4. The van der Waals surface area contributed by atoms with Crippen LogP contribution >= 0.6 is 11.8 Å². The number of nitrogens with one attached hydrogen (secondary N) is 1. The topological polar surface area (TPSA) is 32.3 Å². The first-order chi connectivity index (χ1) is 9.25. The van der Waals surface area contributed by atoms with E-state index in [0.717, 1.165) is 37.3 Å². The number of benzene rings is 1. The van der Waals surface area contributed by atoms with Crippen LogP contribution < -0.4 is 5.32 Å². The zero-order valence-corrected chi connectivity index (χ0v) is 12.2. The van der Waals surface area contributed by atoms with E-state index in [9.17, 15) is 5.11 Å². The maximum Gasteiger partial charge on any atom is 0.0787 e. The van der Waals surface area contributed by atoms with E-state index in [1.807, 2.05) is 11.8 Å². The second-order valence-corrected chi connectivity index (χ2v) is 7.15. The molecule has 0 aromatic heterocycles. The van der Waals surface area contributed by atoms with Gasteiger partial charge >= 0.3 is 0 Å². The van der Waals surface area contributed by atoms with Gasteiger partial charge in [0.15, 0.2) is 0 Å². The molecule has 104 valence electrons. The van der Waals surface area contributed by atoms with E-state index in [1.165, 1.54) is 24.0 Å². The monoisotopic (exact) mass is 277 g/mol. The SMILES string of the molecule is OC1(CNC2CCc3ccccc3C2)CCSCC1. The Morgan fingerprint density at radius 1 is 1.21 bits per heavy atom. The number of rotatable bonds is 3. The number of hydrogen-bond donors (Lipinski definition) is 2. The van der Waals surface area contributed by atoms with Gasteiger partial charge < -0.3 is 10.4 Å². The van der Waals surface area contributed by atoms with Gasteiger partial charge in [-0.15, -0.1) is 0 Å². The molecule has 0 saturated carbocycles. The quantitative estimate of drug-likeness (QED) is 0.890. The lowest BCUT2D eigenvalue weighted by atomic mass is 9.87. The Bertz CT molecular complexity index is 429. The molecular formula is C16H23NOS. The Balaban J connectivity index is 1.54. The largest absolute Gasteiger partial charge is 0.389 e. The van der Waals surface area contributed by atoms with Gasteiger partial charge in [-0.3, -0.25) is 0 Å². The summed E-state index contributed by atoms with van der Waals surface area (Å²) < 4.78 is 0. The van der Waals surface area contributed by atoms with Gasteiger partial charge in [0, 0.05) is 12.6 Å². The zero-order chi connectivity index (χ0) is 13.1. The fraction of sp³-hybridized carbons (Fsp3) is 0.625. The van der Waals surface area contributed by atoms with Crippen molar-refractivity contribution in [3.8, 4) is 0 Å². The first-order valence-corrected chi connectivity index (χ1v) is 8.51. The average molecular weight is 277 g/mol. The van der Waals surface area contributed by atoms with Crippen LogP contribution in [0.3, 0.4) is 0 Å². The minimum atomic E-state index is -0.456. The third kappa shape index (κ3) is 3.33. The molecule has 0 bridgehead atoms. The molecule has 2 nitrogen and oxygen atoms in total. The highest BCUT2D eigenvalue weighted by Crippen LogP contribution is 2.27. The lowest BCUT2D eigenvalue weighted by molar-refractivity contribution is 0.0291. The van der Waals surface area contributed by atoms with Crippen LogP contribution in [0, 0.1) is 0 Å². The molecule has 2 aliphatic rings. The molecule has 0 amide bonds. The molecule has 1 atom stereocenters. The van der Waals surface area contributed by atoms with E-state index in [1.54, 1.807) is 0 Å². The molecule has 1 saturated heterocycles. The van der Waals surface area contributed by atoms with Crippen molar-refractivity contribution >= 4 is 11.8 Å². The number of fused-ring (bicyclic) bond motifs is 1. The maximum absolute atomic E-state index is 10.5. The molecule has 2 N–H and O–H groups in total. The van der Waals surface area contributed by atoms with Crippen molar-refractivity contribution in [2.75, 3.05) is 18.1 Å². The third-order valence-corrected chi connectivity index (χ3v) is 5.48. The Labute approximate surface area is 120 Å². The summed E-state index contributed by atoms with van der Waals surface area (Å²) in [5.41, 5.74) is 2.54. The Morgan fingerprint density at radius 2 is 1.95 bits per heavy atom. The lowest BCUT2D eigenvalue weighted by Gasteiger charge is -2.34. The van der Waals surface area contributed by atoms with Crippen LogP contribution in [0.4, 0.5) is 0 Å². The smallest absolute Gasteiger partial charge is 0.0787 e. The van der Waals surface area contributed by atoms with Crippen LogP contribution in [-0.2, 0) is 12.8 Å².